The lowest BCUT2D eigenvalue weighted by atomic mass is 10.2. The number of nitrogens with zero attached hydrogens (tertiary/aromatic N) is 3. The van der Waals surface area contributed by atoms with Crippen LogP contribution in [0.1, 0.15) is 0 Å². The lowest BCUT2D eigenvalue weighted by Gasteiger charge is -1.94. The monoisotopic (exact) mass is 351 g/mol. The third kappa shape index (κ3) is 2.00. The van der Waals surface area contributed by atoms with E-state index in [1.807, 2.05) is 42.5 Å². The van der Waals surface area contributed by atoms with E-state index in [-0.39, 0.29) is 0 Å². The molecule has 84 valence electrons. The molecule has 2 aromatic heterocycles. The van der Waals surface area contributed by atoms with Crippen LogP contribution in [0.4, 0.5) is 0 Å². The predicted octanol–water partition coefficient (Wildman–Crippen LogP) is 3.92. The van der Waals surface area contributed by atoms with Crippen LogP contribution in [0.15, 0.2) is 51.5 Å². The molecule has 0 amide bonds. The first kappa shape index (κ1) is 10.9. The molecule has 5 heteroatoms. The summed E-state index contributed by atoms with van der Waals surface area (Å²) in [4.78, 5) is 4.48. The van der Waals surface area contributed by atoms with Gasteiger partial charge in [0.1, 0.15) is 4.60 Å². The Labute approximate surface area is 115 Å². The van der Waals surface area contributed by atoms with E-state index in [1.165, 1.54) is 0 Å². The van der Waals surface area contributed by atoms with Crippen molar-refractivity contribution in [2.75, 3.05) is 0 Å². The summed E-state index contributed by atoms with van der Waals surface area (Å²) in [7, 11) is 0. The van der Waals surface area contributed by atoms with Gasteiger partial charge in [0.15, 0.2) is 11.5 Å². The second-order valence-electron chi connectivity index (χ2n) is 3.56. The molecule has 0 aliphatic heterocycles. The van der Waals surface area contributed by atoms with E-state index in [4.69, 9.17) is 0 Å². The number of hydrogen-bond donors (Lipinski definition) is 0. The fourth-order valence-electron chi connectivity index (χ4n) is 1.59. The van der Waals surface area contributed by atoms with Gasteiger partial charge in [0, 0.05) is 10.0 Å². The summed E-state index contributed by atoms with van der Waals surface area (Å²) in [6.45, 7) is 0. The van der Waals surface area contributed by atoms with Crippen LogP contribution in [-0.2, 0) is 0 Å². The normalized spacial score (nSPS) is 10.9. The predicted molar refractivity (Wildman–Crippen MR) is 73.8 cm³/mol. The van der Waals surface area contributed by atoms with E-state index in [2.05, 4.69) is 41.9 Å². The summed E-state index contributed by atoms with van der Waals surface area (Å²) < 4.78 is 3.72. The average Bonchev–Trinajstić information content (AvgIpc) is 2.75. The van der Waals surface area contributed by atoms with Gasteiger partial charge in [-0.3, -0.25) is 0 Å². The number of halogens is 2. The lowest BCUT2D eigenvalue weighted by Crippen LogP contribution is -1.88. The molecule has 1 aromatic carbocycles. The van der Waals surface area contributed by atoms with Crippen LogP contribution < -0.4 is 0 Å². The molecule has 0 radical (unpaired) electrons. The van der Waals surface area contributed by atoms with Gasteiger partial charge in [-0.25, -0.2) is 9.50 Å². The second-order valence-corrected chi connectivity index (χ2v) is 5.29. The van der Waals surface area contributed by atoms with Crippen molar-refractivity contribution in [2.45, 2.75) is 0 Å². The zero-order chi connectivity index (χ0) is 11.8. The maximum absolute atomic E-state index is 4.48. The summed E-state index contributed by atoms with van der Waals surface area (Å²) >= 11 is 6.86. The minimum absolute atomic E-state index is 0.726. The van der Waals surface area contributed by atoms with Crippen molar-refractivity contribution in [3.8, 4) is 11.4 Å². The largest absolute Gasteiger partial charge is 0.207 e. The summed E-state index contributed by atoms with van der Waals surface area (Å²) in [5.74, 6) is 0.726. The first-order chi connectivity index (χ1) is 8.24. The minimum atomic E-state index is 0.726. The van der Waals surface area contributed by atoms with Crippen LogP contribution in [0.5, 0.6) is 0 Å². The number of rotatable bonds is 1. The van der Waals surface area contributed by atoms with Gasteiger partial charge in [-0.15, -0.1) is 5.10 Å². The molecule has 0 atom stereocenters. The summed E-state index contributed by atoms with van der Waals surface area (Å²) in [5, 5.41) is 4.46. The third-order valence-corrected chi connectivity index (χ3v) is 3.54. The highest BCUT2D eigenvalue weighted by molar-refractivity contribution is 9.10. The number of hydrogen-bond acceptors (Lipinski definition) is 2. The Morgan fingerprint density at radius 3 is 2.41 bits per heavy atom. The van der Waals surface area contributed by atoms with Crippen molar-refractivity contribution < 1.29 is 0 Å². The molecule has 0 aliphatic rings. The standard InChI is InChI=1S/C12H7Br2N3/c13-9-6-4-8(5-7-9)12-15-11-3-1-2-10(14)17(11)16-12/h1-7H. The summed E-state index contributed by atoms with van der Waals surface area (Å²) in [6, 6.07) is 13.8. The van der Waals surface area contributed by atoms with Gasteiger partial charge >= 0.3 is 0 Å². The van der Waals surface area contributed by atoms with E-state index in [0.29, 0.717) is 0 Å². The molecule has 3 aromatic rings. The van der Waals surface area contributed by atoms with Gasteiger partial charge in [-0.1, -0.05) is 34.1 Å². The van der Waals surface area contributed by atoms with Crippen LogP contribution in [-0.4, -0.2) is 14.6 Å². The highest BCUT2D eigenvalue weighted by Crippen LogP contribution is 2.20. The molecule has 0 saturated heterocycles. The fraction of sp³-hybridized carbons (Fsp3) is 0. The van der Waals surface area contributed by atoms with Crippen molar-refractivity contribution in [2.24, 2.45) is 0 Å². The van der Waals surface area contributed by atoms with E-state index < -0.39 is 0 Å². The fourth-order valence-corrected chi connectivity index (χ4v) is 2.27. The van der Waals surface area contributed by atoms with Crippen molar-refractivity contribution >= 4 is 37.5 Å². The van der Waals surface area contributed by atoms with Crippen LogP contribution in [0, 0.1) is 0 Å². The first-order valence-electron chi connectivity index (χ1n) is 5.01. The maximum atomic E-state index is 4.48. The molecular formula is C12H7Br2N3. The Morgan fingerprint density at radius 2 is 1.71 bits per heavy atom. The van der Waals surface area contributed by atoms with Crippen LogP contribution >= 0.6 is 31.9 Å². The van der Waals surface area contributed by atoms with E-state index in [1.54, 1.807) is 4.52 Å². The van der Waals surface area contributed by atoms with Gasteiger partial charge in [0.05, 0.1) is 0 Å². The molecule has 3 nitrogen and oxygen atoms in total. The number of aromatic nitrogens is 3. The molecule has 0 bridgehead atoms. The molecule has 3 rings (SSSR count). The van der Waals surface area contributed by atoms with Gasteiger partial charge in [-0.2, -0.15) is 0 Å². The van der Waals surface area contributed by atoms with Crippen molar-refractivity contribution in [3.05, 3.63) is 51.5 Å². The molecule has 0 N–H and O–H groups in total. The van der Waals surface area contributed by atoms with Gasteiger partial charge in [0.2, 0.25) is 0 Å². The third-order valence-electron chi connectivity index (χ3n) is 2.42. The molecule has 17 heavy (non-hydrogen) atoms. The maximum Gasteiger partial charge on any atom is 0.182 e. The van der Waals surface area contributed by atoms with Crippen molar-refractivity contribution in [1.29, 1.82) is 0 Å². The number of fused-ring (bicyclic) bond motifs is 1. The second kappa shape index (κ2) is 4.23. The molecule has 0 saturated carbocycles. The Balaban J connectivity index is 2.18. The van der Waals surface area contributed by atoms with Crippen molar-refractivity contribution in [3.63, 3.8) is 0 Å². The molecule has 0 spiro atoms. The van der Waals surface area contributed by atoms with Gasteiger partial charge < -0.3 is 0 Å². The minimum Gasteiger partial charge on any atom is -0.207 e. The Kier molecular flexibility index (Phi) is 2.72. The lowest BCUT2D eigenvalue weighted by molar-refractivity contribution is 0.940. The Morgan fingerprint density at radius 1 is 0.941 bits per heavy atom. The van der Waals surface area contributed by atoms with E-state index in [0.717, 1.165) is 26.1 Å². The Hall–Kier alpha value is -1.20. The quantitative estimate of drug-likeness (QED) is 0.621. The summed E-state index contributed by atoms with van der Waals surface area (Å²) in [6.07, 6.45) is 0. The number of benzene rings is 1. The SMILES string of the molecule is Brc1ccc(-c2nc3cccc(Br)n3n2)cc1. The Bertz CT molecular complexity index is 674. The van der Waals surface area contributed by atoms with Gasteiger partial charge in [0.25, 0.3) is 0 Å². The molecule has 0 aliphatic carbocycles. The topological polar surface area (TPSA) is 30.2 Å². The average molecular weight is 353 g/mol. The summed E-state index contributed by atoms with van der Waals surface area (Å²) in [5.41, 5.74) is 1.83. The molecule has 2 heterocycles. The smallest absolute Gasteiger partial charge is 0.182 e. The van der Waals surface area contributed by atoms with E-state index in [9.17, 15) is 0 Å². The van der Waals surface area contributed by atoms with Gasteiger partial charge in [-0.05, 0) is 40.2 Å². The number of pyridine rings is 1. The van der Waals surface area contributed by atoms with Crippen LogP contribution in [0.25, 0.3) is 17.0 Å². The first-order valence-corrected chi connectivity index (χ1v) is 6.60. The highest BCUT2D eigenvalue weighted by atomic mass is 79.9. The van der Waals surface area contributed by atoms with Crippen LogP contribution in [0.2, 0.25) is 0 Å². The van der Waals surface area contributed by atoms with Crippen LogP contribution in [0.3, 0.4) is 0 Å². The highest BCUT2D eigenvalue weighted by Gasteiger charge is 2.07. The molecule has 0 fully saturated rings. The zero-order valence-corrected chi connectivity index (χ0v) is 11.8. The molecular weight excluding hydrogens is 346 g/mol. The zero-order valence-electron chi connectivity index (χ0n) is 8.64. The van der Waals surface area contributed by atoms with E-state index >= 15 is 0 Å². The molecule has 0 unspecified atom stereocenters. The van der Waals surface area contributed by atoms with Crippen molar-refractivity contribution in [1.82, 2.24) is 14.6 Å².